The van der Waals surface area contributed by atoms with E-state index in [9.17, 15) is 0 Å². The molecule has 9 nitrogen and oxygen atoms in total. The van der Waals surface area contributed by atoms with E-state index in [0.717, 1.165) is 44.5 Å². The fourth-order valence-corrected chi connectivity index (χ4v) is 5.45. The third-order valence-electron chi connectivity index (χ3n) is 7.47. The van der Waals surface area contributed by atoms with E-state index in [-0.39, 0.29) is 12.5 Å². The summed E-state index contributed by atoms with van der Waals surface area (Å²) in [4.78, 5) is 15.2. The standard InChI is InChI=1S/C33H27N5O4/c1-20(21-9-5-4-6-10-21)37-41-18-28-35-32-30-29(23-14-16-26(39-2)27(17-23)40-3)25-15-13-22-11-7-8-12-24(22)31(25)42-33(30)34-19-38(32)36-28/h4-17,19,29H,18H2,1-3H3/b37-20-. The zero-order chi connectivity index (χ0) is 28.6. The molecule has 42 heavy (non-hydrogen) atoms. The molecule has 1 aliphatic heterocycles. The number of ether oxygens (including phenoxy) is 3. The van der Waals surface area contributed by atoms with Crippen LogP contribution in [0.4, 0.5) is 0 Å². The molecule has 0 radical (unpaired) electrons. The minimum Gasteiger partial charge on any atom is -0.493 e. The van der Waals surface area contributed by atoms with Gasteiger partial charge in [0.15, 0.2) is 29.6 Å². The third kappa shape index (κ3) is 4.35. The van der Waals surface area contributed by atoms with Gasteiger partial charge in [-0.2, -0.15) is 0 Å². The molecule has 7 rings (SSSR count). The van der Waals surface area contributed by atoms with Crippen LogP contribution in [0.15, 0.2) is 96.4 Å². The molecular formula is C33H27N5O4. The second-order valence-electron chi connectivity index (χ2n) is 9.93. The fourth-order valence-electron chi connectivity index (χ4n) is 5.45. The van der Waals surface area contributed by atoms with Crippen LogP contribution >= 0.6 is 0 Å². The van der Waals surface area contributed by atoms with Crippen LogP contribution < -0.4 is 14.2 Å². The molecule has 0 spiro atoms. The van der Waals surface area contributed by atoms with Crippen molar-refractivity contribution >= 4 is 22.1 Å². The van der Waals surface area contributed by atoms with Gasteiger partial charge in [-0.1, -0.05) is 78.0 Å². The number of hydrogen-bond acceptors (Lipinski definition) is 8. The van der Waals surface area contributed by atoms with Crippen molar-refractivity contribution in [3.63, 3.8) is 0 Å². The Bertz CT molecular complexity index is 1970. The van der Waals surface area contributed by atoms with Crippen molar-refractivity contribution in [2.75, 3.05) is 14.2 Å². The van der Waals surface area contributed by atoms with E-state index in [1.165, 1.54) is 0 Å². The van der Waals surface area contributed by atoms with E-state index < -0.39 is 0 Å². The van der Waals surface area contributed by atoms with E-state index >= 15 is 0 Å². The molecule has 2 aromatic heterocycles. The van der Waals surface area contributed by atoms with Crippen molar-refractivity contribution in [3.05, 3.63) is 119 Å². The molecule has 1 unspecified atom stereocenters. The van der Waals surface area contributed by atoms with Gasteiger partial charge in [-0.15, -0.1) is 5.10 Å². The van der Waals surface area contributed by atoms with E-state index in [0.29, 0.717) is 28.9 Å². The Balaban J connectivity index is 1.34. The number of rotatable bonds is 7. The number of methoxy groups -OCH3 is 2. The van der Waals surface area contributed by atoms with Crippen LogP contribution in [-0.4, -0.2) is 39.5 Å². The average molecular weight is 558 g/mol. The lowest BCUT2D eigenvalue weighted by Crippen LogP contribution is -2.15. The van der Waals surface area contributed by atoms with Crippen molar-refractivity contribution in [3.8, 4) is 23.1 Å². The number of nitrogens with zero attached hydrogens (tertiary/aromatic N) is 5. The highest BCUT2D eigenvalue weighted by atomic mass is 16.6. The first-order valence-electron chi connectivity index (χ1n) is 13.5. The maximum Gasteiger partial charge on any atom is 0.228 e. The molecule has 1 atom stereocenters. The first-order valence-corrected chi connectivity index (χ1v) is 13.5. The van der Waals surface area contributed by atoms with Gasteiger partial charge in [-0.25, -0.2) is 14.5 Å². The summed E-state index contributed by atoms with van der Waals surface area (Å²) in [5, 5.41) is 11.0. The van der Waals surface area contributed by atoms with Gasteiger partial charge in [0.1, 0.15) is 12.1 Å². The summed E-state index contributed by atoms with van der Waals surface area (Å²) in [6.45, 7) is 2.00. The van der Waals surface area contributed by atoms with Gasteiger partial charge < -0.3 is 19.0 Å². The molecule has 0 aliphatic carbocycles. The van der Waals surface area contributed by atoms with E-state index in [1.807, 2.05) is 67.6 Å². The first kappa shape index (κ1) is 25.5. The lowest BCUT2D eigenvalue weighted by Gasteiger charge is -2.29. The second kappa shape index (κ2) is 10.5. The molecule has 0 fully saturated rings. The molecule has 0 N–H and O–H groups in total. The summed E-state index contributed by atoms with van der Waals surface area (Å²) in [5.74, 6) is 2.74. The Morgan fingerprint density at radius 2 is 1.74 bits per heavy atom. The van der Waals surface area contributed by atoms with Gasteiger partial charge in [0.25, 0.3) is 0 Å². The molecule has 208 valence electrons. The molecule has 6 aromatic rings. The van der Waals surface area contributed by atoms with Gasteiger partial charge in [-0.05, 0) is 35.6 Å². The van der Waals surface area contributed by atoms with E-state index in [1.54, 1.807) is 25.1 Å². The molecular weight excluding hydrogens is 530 g/mol. The minimum atomic E-state index is -0.263. The summed E-state index contributed by atoms with van der Waals surface area (Å²) in [7, 11) is 3.26. The maximum absolute atomic E-state index is 6.52. The van der Waals surface area contributed by atoms with Crippen LogP contribution in [0.1, 0.15) is 40.9 Å². The summed E-state index contributed by atoms with van der Waals surface area (Å²) >= 11 is 0. The summed E-state index contributed by atoms with van der Waals surface area (Å²) in [5.41, 5.74) is 5.15. The molecule has 3 heterocycles. The Morgan fingerprint density at radius 1 is 0.929 bits per heavy atom. The Hall–Kier alpha value is -5.44. The Kier molecular flexibility index (Phi) is 6.39. The lowest BCUT2D eigenvalue weighted by atomic mass is 9.82. The van der Waals surface area contributed by atoms with Crippen molar-refractivity contribution in [2.24, 2.45) is 5.16 Å². The van der Waals surface area contributed by atoms with Crippen LogP contribution in [0.25, 0.3) is 16.4 Å². The molecule has 0 amide bonds. The number of oxime groups is 1. The highest BCUT2D eigenvalue weighted by molar-refractivity contribution is 5.98. The molecule has 0 saturated heterocycles. The summed E-state index contributed by atoms with van der Waals surface area (Å²) in [6.07, 6.45) is 1.62. The predicted molar refractivity (Wildman–Crippen MR) is 159 cm³/mol. The minimum absolute atomic E-state index is 0.101. The molecule has 1 aliphatic rings. The van der Waals surface area contributed by atoms with Gasteiger partial charge in [0, 0.05) is 16.9 Å². The summed E-state index contributed by atoms with van der Waals surface area (Å²) < 4.78 is 19.4. The number of hydrogen-bond donors (Lipinski definition) is 0. The van der Waals surface area contributed by atoms with Crippen molar-refractivity contribution in [2.45, 2.75) is 19.4 Å². The molecule has 9 heteroatoms. The lowest BCUT2D eigenvalue weighted by molar-refractivity contribution is 0.125. The normalized spacial score (nSPS) is 14.3. The largest absolute Gasteiger partial charge is 0.493 e. The van der Waals surface area contributed by atoms with Gasteiger partial charge in [0.2, 0.25) is 5.88 Å². The van der Waals surface area contributed by atoms with Crippen molar-refractivity contribution in [1.29, 1.82) is 0 Å². The van der Waals surface area contributed by atoms with Crippen LogP contribution in [-0.2, 0) is 11.4 Å². The van der Waals surface area contributed by atoms with Gasteiger partial charge in [0.05, 0.1) is 25.5 Å². The highest BCUT2D eigenvalue weighted by Crippen LogP contribution is 2.51. The van der Waals surface area contributed by atoms with Gasteiger partial charge >= 0.3 is 0 Å². The van der Waals surface area contributed by atoms with E-state index in [4.69, 9.17) is 24.0 Å². The molecule has 4 aromatic carbocycles. The number of fused-ring (bicyclic) bond motifs is 6. The zero-order valence-electron chi connectivity index (χ0n) is 23.3. The summed E-state index contributed by atoms with van der Waals surface area (Å²) in [6, 6.07) is 28.2. The first-order chi connectivity index (χ1) is 20.6. The number of aromatic nitrogens is 4. The Morgan fingerprint density at radius 3 is 2.57 bits per heavy atom. The van der Waals surface area contributed by atoms with Crippen molar-refractivity contribution < 1.29 is 19.0 Å². The van der Waals surface area contributed by atoms with Crippen LogP contribution in [0.2, 0.25) is 0 Å². The fraction of sp³-hybridized carbons (Fsp3) is 0.152. The van der Waals surface area contributed by atoms with Crippen molar-refractivity contribution in [1.82, 2.24) is 19.6 Å². The SMILES string of the molecule is COc1ccc(C2c3ccc4ccccc4c3Oc3ncn4nc(CO/N=C(/C)c5ccccc5)nc4c32)cc1OC. The topological polar surface area (TPSA) is 92.4 Å². The smallest absolute Gasteiger partial charge is 0.228 e. The predicted octanol–water partition coefficient (Wildman–Crippen LogP) is 6.52. The Labute approximate surface area is 242 Å². The molecule has 0 bridgehead atoms. The monoisotopic (exact) mass is 557 g/mol. The van der Waals surface area contributed by atoms with Gasteiger partial charge in [-0.3, -0.25) is 0 Å². The average Bonchev–Trinajstić information content (AvgIpc) is 3.47. The second-order valence-corrected chi connectivity index (χ2v) is 9.93. The molecule has 0 saturated carbocycles. The van der Waals surface area contributed by atoms with Crippen LogP contribution in [0, 0.1) is 0 Å². The van der Waals surface area contributed by atoms with E-state index in [2.05, 4.69) is 39.5 Å². The van der Waals surface area contributed by atoms with Crippen LogP contribution in [0.5, 0.6) is 23.1 Å². The number of benzene rings is 4. The quantitative estimate of drug-likeness (QED) is 0.163. The highest BCUT2D eigenvalue weighted by Gasteiger charge is 2.34. The van der Waals surface area contributed by atoms with Crippen LogP contribution in [0.3, 0.4) is 0 Å². The maximum atomic E-state index is 6.52. The third-order valence-corrected chi connectivity index (χ3v) is 7.47. The zero-order valence-corrected chi connectivity index (χ0v) is 23.3.